The van der Waals surface area contributed by atoms with Crippen LogP contribution in [-0.2, 0) is 0 Å². The van der Waals surface area contributed by atoms with Crippen molar-refractivity contribution in [3.63, 3.8) is 0 Å². The lowest BCUT2D eigenvalue weighted by molar-refractivity contribution is 0.414. The Morgan fingerprint density at radius 1 is 1.24 bits per heavy atom. The Kier molecular flexibility index (Phi) is 3.89. The first kappa shape index (κ1) is 12.2. The highest BCUT2D eigenvalue weighted by Crippen LogP contribution is 2.28. The summed E-state index contributed by atoms with van der Waals surface area (Å²) in [5, 5.41) is 3.60. The van der Waals surface area contributed by atoms with E-state index in [2.05, 4.69) is 36.2 Å². The van der Waals surface area contributed by atoms with Crippen LogP contribution in [0, 0.1) is 0 Å². The quantitative estimate of drug-likeness (QED) is 0.849. The van der Waals surface area contributed by atoms with E-state index in [4.69, 9.17) is 4.74 Å². The molecule has 17 heavy (non-hydrogen) atoms. The predicted molar refractivity (Wildman–Crippen MR) is 71.9 cm³/mol. The number of nitrogens with zero attached hydrogens (tertiary/aromatic N) is 1. The van der Waals surface area contributed by atoms with Crippen molar-refractivity contribution in [2.75, 3.05) is 25.1 Å². The molecule has 0 amide bonds. The molecule has 1 saturated heterocycles. The van der Waals surface area contributed by atoms with E-state index < -0.39 is 0 Å². The molecule has 0 aliphatic carbocycles. The summed E-state index contributed by atoms with van der Waals surface area (Å²) in [6.07, 6.45) is 1.17. The largest absolute Gasteiger partial charge is 0.495 e. The Morgan fingerprint density at radius 3 is 2.76 bits per heavy atom. The molecule has 1 heterocycles. The third-order valence-electron chi connectivity index (χ3n) is 3.32. The monoisotopic (exact) mass is 234 g/mol. The number of para-hydroxylation sites is 2. The summed E-state index contributed by atoms with van der Waals surface area (Å²) < 4.78 is 5.44. The lowest BCUT2D eigenvalue weighted by atomic mass is 10.2. The van der Waals surface area contributed by atoms with Gasteiger partial charge in [0.2, 0.25) is 0 Å². The highest BCUT2D eigenvalue weighted by atomic mass is 16.5. The normalized spacial score (nSPS) is 25.5. The van der Waals surface area contributed by atoms with Gasteiger partial charge in [0, 0.05) is 25.2 Å². The van der Waals surface area contributed by atoms with Gasteiger partial charge in [0.05, 0.1) is 12.8 Å². The molecule has 1 N–H and O–H groups in total. The second-order valence-corrected chi connectivity index (χ2v) is 4.88. The summed E-state index contributed by atoms with van der Waals surface area (Å²) >= 11 is 0. The van der Waals surface area contributed by atoms with E-state index in [1.807, 2.05) is 12.1 Å². The molecule has 0 radical (unpaired) electrons. The topological polar surface area (TPSA) is 24.5 Å². The second kappa shape index (κ2) is 5.41. The predicted octanol–water partition coefficient (Wildman–Crippen LogP) is 2.27. The van der Waals surface area contributed by atoms with E-state index in [9.17, 15) is 0 Å². The van der Waals surface area contributed by atoms with E-state index in [-0.39, 0.29) is 0 Å². The molecular formula is C14H22N2O. The molecule has 1 aliphatic rings. The van der Waals surface area contributed by atoms with Gasteiger partial charge in [-0.3, -0.25) is 0 Å². The van der Waals surface area contributed by atoms with Crippen LogP contribution in [0.1, 0.15) is 20.3 Å². The average Bonchev–Trinajstić information content (AvgIpc) is 2.50. The van der Waals surface area contributed by atoms with E-state index >= 15 is 0 Å². The first-order valence-electron chi connectivity index (χ1n) is 6.34. The van der Waals surface area contributed by atoms with Crippen LogP contribution >= 0.6 is 0 Å². The zero-order valence-corrected chi connectivity index (χ0v) is 10.9. The molecule has 1 aliphatic heterocycles. The maximum atomic E-state index is 5.44. The Balaban J connectivity index is 2.20. The summed E-state index contributed by atoms with van der Waals surface area (Å²) in [5.74, 6) is 0.967. The lowest BCUT2D eigenvalue weighted by Crippen LogP contribution is -2.37. The van der Waals surface area contributed by atoms with Gasteiger partial charge in [0.25, 0.3) is 0 Å². The third kappa shape index (κ3) is 2.91. The smallest absolute Gasteiger partial charge is 0.142 e. The van der Waals surface area contributed by atoms with Crippen LogP contribution in [-0.4, -0.2) is 32.3 Å². The van der Waals surface area contributed by atoms with Crippen LogP contribution in [0.25, 0.3) is 0 Å². The van der Waals surface area contributed by atoms with Crippen LogP contribution in [0.2, 0.25) is 0 Å². The maximum Gasteiger partial charge on any atom is 0.142 e. The molecule has 0 aromatic heterocycles. The fraction of sp³-hybridized carbons (Fsp3) is 0.571. The van der Waals surface area contributed by atoms with Gasteiger partial charge in [0.1, 0.15) is 5.75 Å². The number of ether oxygens (including phenoxy) is 1. The van der Waals surface area contributed by atoms with E-state index in [0.717, 1.165) is 18.8 Å². The SMILES string of the molecule is COc1ccccc1N1CCC(C)NC(C)C1. The van der Waals surface area contributed by atoms with Crippen molar-refractivity contribution in [3.05, 3.63) is 24.3 Å². The van der Waals surface area contributed by atoms with Crippen molar-refractivity contribution in [1.29, 1.82) is 0 Å². The molecule has 0 spiro atoms. The lowest BCUT2D eigenvalue weighted by Gasteiger charge is -2.26. The van der Waals surface area contributed by atoms with Crippen molar-refractivity contribution < 1.29 is 4.74 Å². The summed E-state index contributed by atoms with van der Waals surface area (Å²) in [6.45, 7) is 6.61. The summed E-state index contributed by atoms with van der Waals surface area (Å²) in [6, 6.07) is 9.36. The summed E-state index contributed by atoms with van der Waals surface area (Å²) in [5.41, 5.74) is 1.21. The molecule has 3 nitrogen and oxygen atoms in total. The number of hydrogen-bond donors (Lipinski definition) is 1. The Hall–Kier alpha value is -1.22. The summed E-state index contributed by atoms with van der Waals surface area (Å²) in [4.78, 5) is 2.42. The van der Waals surface area contributed by atoms with Crippen molar-refractivity contribution >= 4 is 5.69 Å². The standard InChI is InChI=1S/C14H22N2O/c1-11-8-9-16(10-12(2)15-11)13-6-4-5-7-14(13)17-3/h4-7,11-12,15H,8-10H2,1-3H3. The number of nitrogens with one attached hydrogen (secondary N) is 1. The first-order chi connectivity index (χ1) is 8.20. The molecule has 1 aromatic carbocycles. The Morgan fingerprint density at radius 2 is 2.00 bits per heavy atom. The van der Waals surface area contributed by atoms with Crippen LogP contribution < -0.4 is 15.0 Å². The number of anilines is 1. The Bertz CT molecular complexity index is 367. The molecule has 0 saturated carbocycles. The fourth-order valence-electron chi connectivity index (χ4n) is 2.50. The van der Waals surface area contributed by atoms with Gasteiger partial charge in [-0.1, -0.05) is 12.1 Å². The van der Waals surface area contributed by atoms with Crippen LogP contribution in [0.3, 0.4) is 0 Å². The minimum Gasteiger partial charge on any atom is -0.495 e. The molecule has 1 aromatic rings. The van der Waals surface area contributed by atoms with E-state index in [1.54, 1.807) is 7.11 Å². The molecule has 2 atom stereocenters. The van der Waals surface area contributed by atoms with E-state index in [1.165, 1.54) is 12.1 Å². The number of hydrogen-bond acceptors (Lipinski definition) is 3. The third-order valence-corrected chi connectivity index (χ3v) is 3.32. The van der Waals surface area contributed by atoms with Gasteiger partial charge in [-0.05, 0) is 32.4 Å². The molecule has 2 unspecified atom stereocenters. The van der Waals surface area contributed by atoms with Gasteiger partial charge in [-0.15, -0.1) is 0 Å². The van der Waals surface area contributed by atoms with Crippen molar-refractivity contribution in [2.24, 2.45) is 0 Å². The van der Waals surface area contributed by atoms with Gasteiger partial charge >= 0.3 is 0 Å². The number of rotatable bonds is 2. The van der Waals surface area contributed by atoms with Gasteiger partial charge in [-0.25, -0.2) is 0 Å². The van der Waals surface area contributed by atoms with Crippen molar-refractivity contribution in [3.8, 4) is 5.75 Å². The maximum absolute atomic E-state index is 5.44. The van der Waals surface area contributed by atoms with E-state index in [0.29, 0.717) is 12.1 Å². The van der Waals surface area contributed by atoms with Crippen molar-refractivity contribution in [2.45, 2.75) is 32.4 Å². The first-order valence-corrected chi connectivity index (χ1v) is 6.34. The molecule has 2 rings (SSSR count). The minimum absolute atomic E-state index is 0.511. The molecule has 94 valence electrons. The highest BCUT2D eigenvalue weighted by molar-refractivity contribution is 5.58. The highest BCUT2D eigenvalue weighted by Gasteiger charge is 2.20. The van der Waals surface area contributed by atoms with Crippen LogP contribution in [0.15, 0.2) is 24.3 Å². The molecule has 1 fully saturated rings. The Labute approximate surface area is 104 Å². The number of benzene rings is 1. The zero-order chi connectivity index (χ0) is 12.3. The van der Waals surface area contributed by atoms with Gasteiger partial charge in [-0.2, -0.15) is 0 Å². The number of methoxy groups -OCH3 is 1. The molecule has 3 heteroatoms. The average molecular weight is 234 g/mol. The van der Waals surface area contributed by atoms with Gasteiger partial charge in [0.15, 0.2) is 0 Å². The molecule has 0 bridgehead atoms. The van der Waals surface area contributed by atoms with Crippen molar-refractivity contribution in [1.82, 2.24) is 5.32 Å². The van der Waals surface area contributed by atoms with Crippen LogP contribution in [0.4, 0.5) is 5.69 Å². The fourth-order valence-corrected chi connectivity index (χ4v) is 2.50. The molecular weight excluding hydrogens is 212 g/mol. The summed E-state index contributed by atoms with van der Waals surface area (Å²) in [7, 11) is 1.74. The van der Waals surface area contributed by atoms with Crippen LogP contribution in [0.5, 0.6) is 5.75 Å². The van der Waals surface area contributed by atoms with Gasteiger partial charge < -0.3 is 15.0 Å². The zero-order valence-electron chi connectivity index (χ0n) is 10.9. The minimum atomic E-state index is 0.511. The second-order valence-electron chi connectivity index (χ2n) is 4.88.